The SMILES string of the molecule is COc1ccccc1N1Cc2ccc(C(=O)NO)cc2OC[C@@H]1C. The number of hydrogen-bond donors (Lipinski definition) is 2. The van der Waals surface area contributed by atoms with Crippen LogP contribution in [0.5, 0.6) is 11.5 Å². The van der Waals surface area contributed by atoms with E-state index in [1.807, 2.05) is 30.3 Å². The Morgan fingerprint density at radius 2 is 2.12 bits per heavy atom. The number of benzene rings is 2. The molecule has 0 bridgehead atoms. The Bertz CT molecular complexity index is 748. The quantitative estimate of drug-likeness (QED) is 0.669. The number of hydroxylamine groups is 1. The van der Waals surface area contributed by atoms with Gasteiger partial charge >= 0.3 is 0 Å². The van der Waals surface area contributed by atoms with Gasteiger partial charge in [0, 0.05) is 17.7 Å². The third-order valence-electron chi connectivity index (χ3n) is 4.18. The topological polar surface area (TPSA) is 71.0 Å². The van der Waals surface area contributed by atoms with Crippen molar-refractivity contribution >= 4 is 11.6 Å². The van der Waals surface area contributed by atoms with Gasteiger partial charge in [-0.2, -0.15) is 0 Å². The van der Waals surface area contributed by atoms with Crippen molar-refractivity contribution in [2.24, 2.45) is 0 Å². The van der Waals surface area contributed by atoms with Crippen LogP contribution in [0.15, 0.2) is 42.5 Å². The summed E-state index contributed by atoms with van der Waals surface area (Å²) in [6, 6.07) is 13.2. The van der Waals surface area contributed by atoms with E-state index < -0.39 is 5.91 Å². The Morgan fingerprint density at radius 3 is 2.88 bits per heavy atom. The highest BCUT2D eigenvalue weighted by molar-refractivity contribution is 5.93. The number of amides is 1. The van der Waals surface area contributed by atoms with Crippen molar-refractivity contribution < 1.29 is 19.5 Å². The summed E-state index contributed by atoms with van der Waals surface area (Å²) in [7, 11) is 1.66. The summed E-state index contributed by atoms with van der Waals surface area (Å²) in [6.45, 7) is 3.20. The van der Waals surface area contributed by atoms with Crippen LogP contribution in [0, 0.1) is 0 Å². The highest BCUT2D eigenvalue weighted by Gasteiger charge is 2.24. The van der Waals surface area contributed by atoms with Crippen molar-refractivity contribution in [2.45, 2.75) is 19.5 Å². The fraction of sp³-hybridized carbons (Fsp3) is 0.278. The van der Waals surface area contributed by atoms with Crippen molar-refractivity contribution in [1.29, 1.82) is 0 Å². The lowest BCUT2D eigenvalue weighted by Crippen LogP contribution is -2.35. The first-order valence-corrected chi connectivity index (χ1v) is 7.74. The molecule has 2 aromatic carbocycles. The molecule has 3 rings (SSSR count). The van der Waals surface area contributed by atoms with Gasteiger partial charge in [0.2, 0.25) is 0 Å². The van der Waals surface area contributed by atoms with Crippen molar-refractivity contribution in [2.75, 3.05) is 18.6 Å². The van der Waals surface area contributed by atoms with Gasteiger partial charge in [-0.05, 0) is 31.2 Å². The van der Waals surface area contributed by atoms with E-state index in [-0.39, 0.29) is 6.04 Å². The number of anilines is 1. The zero-order valence-corrected chi connectivity index (χ0v) is 13.7. The second-order valence-corrected chi connectivity index (χ2v) is 5.72. The van der Waals surface area contributed by atoms with E-state index in [1.165, 1.54) is 0 Å². The molecule has 24 heavy (non-hydrogen) atoms. The van der Waals surface area contributed by atoms with E-state index in [0.29, 0.717) is 24.5 Å². The molecule has 1 heterocycles. The molecule has 6 nitrogen and oxygen atoms in total. The smallest absolute Gasteiger partial charge is 0.274 e. The van der Waals surface area contributed by atoms with Gasteiger partial charge in [0.1, 0.15) is 18.1 Å². The average molecular weight is 328 g/mol. The van der Waals surface area contributed by atoms with E-state index in [2.05, 4.69) is 11.8 Å². The summed E-state index contributed by atoms with van der Waals surface area (Å²) in [5, 5.41) is 8.78. The van der Waals surface area contributed by atoms with E-state index in [0.717, 1.165) is 17.0 Å². The maximum absolute atomic E-state index is 11.6. The Hall–Kier alpha value is -2.73. The molecule has 0 fully saturated rings. The molecule has 2 aromatic rings. The molecule has 6 heteroatoms. The predicted octanol–water partition coefficient (Wildman–Crippen LogP) is 2.60. The van der Waals surface area contributed by atoms with Gasteiger partial charge < -0.3 is 14.4 Å². The maximum Gasteiger partial charge on any atom is 0.274 e. The van der Waals surface area contributed by atoms with Gasteiger partial charge in [0.05, 0.1) is 18.8 Å². The number of ether oxygens (including phenoxy) is 2. The van der Waals surface area contributed by atoms with Gasteiger partial charge in [-0.1, -0.05) is 18.2 Å². The molecule has 0 saturated carbocycles. The Morgan fingerprint density at radius 1 is 1.33 bits per heavy atom. The number of carbonyl (C=O) groups is 1. The maximum atomic E-state index is 11.6. The van der Waals surface area contributed by atoms with Crippen molar-refractivity contribution in [3.8, 4) is 11.5 Å². The van der Waals surface area contributed by atoms with Crippen LogP contribution in [0.1, 0.15) is 22.8 Å². The minimum absolute atomic E-state index is 0.129. The van der Waals surface area contributed by atoms with Gasteiger partial charge in [-0.3, -0.25) is 10.0 Å². The highest BCUT2D eigenvalue weighted by Crippen LogP contribution is 2.34. The zero-order chi connectivity index (χ0) is 17.1. The normalized spacial score (nSPS) is 16.6. The number of fused-ring (bicyclic) bond motifs is 1. The van der Waals surface area contributed by atoms with E-state index in [4.69, 9.17) is 14.7 Å². The van der Waals surface area contributed by atoms with Gasteiger partial charge in [0.15, 0.2) is 0 Å². The molecule has 0 aliphatic carbocycles. The molecule has 0 radical (unpaired) electrons. The molecular formula is C18H20N2O4. The summed E-state index contributed by atoms with van der Waals surface area (Å²) in [5.74, 6) is 0.907. The number of para-hydroxylation sites is 2. The minimum atomic E-state index is -0.555. The van der Waals surface area contributed by atoms with Crippen LogP contribution in [0.2, 0.25) is 0 Å². The van der Waals surface area contributed by atoms with Crippen molar-refractivity contribution in [3.63, 3.8) is 0 Å². The Kier molecular flexibility index (Phi) is 4.57. The van der Waals surface area contributed by atoms with Crippen molar-refractivity contribution in [3.05, 3.63) is 53.6 Å². The molecule has 1 aliphatic rings. The second kappa shape index (κ2) is 6.80. The molecule has 2 N–H and O–H groups in total. The van der Waals surface area contributed by atoms with E-state index >= 15 is 0 Å². The monoisotopic (exact) mass is 328 g/mol. The lowest BCUT2D eigenvalue weighted by Gasteiger charge is -2.29. The number of rotatable bonds is 3. The van der Waals surface area contributed by atoms with Gasteiger partial charge in [-0.15, -0.1) is 0 Å². The minimum Gasteiger partial charge on any atom is -0.495 e. The molecule has 0 aromatic heterocycles. The van der Waals surface area contributed by atoms with Crippen LogP contribution in [-0.2, 0) is 6.54 Å². The Labute approximate surface area is 140 Å². The first-order valence-electron chi connectivity index (χ1n) is 7.74. The third kappa shape index (κ3) is 3.00. The first kappa shape index (κ1) is 16.1. The van der Waals surface area contributed by atoms with Gasteiger partial charge in [-0.25, -0.2) is 5.48 Å². The molecule has 126 valence electrons. The number of methoxy groups -OCH3 is 1. The van der Waals surface area contributed by atoms with E-state index in [1.54, 1.807) is 24.7 Å². The van der Waals surface area contributed by atoms with Crippen molar-refractivity contribution in [1.82, 2.24) is 5.48 Å². The number of nitrogens with one attached hydrogen (secondary N) is 1. The number of nitrogens with zero attached hydrogens (tertiary/aromatic N) is 1. The van der Waals surface area contributed by atoms with Crippen LogP contribution in [0.4, 0.5) is 5.69 Å². The van der Waals surface area contributed by atoms with Crippen LogP contribution in [-0.4, -0.2) is 30.9 Å². The summed E-state index contributed by atoms with van der Waals surface area (Å²) in [6.07, 6.45) is 0. The lowest BCUT2D eigenvalue weighted by molar-refractivity contribution is 0.0706. The predicted molar refractivity (Wildman–Crippen MR) is 89.8 cm³/mol. The second-order valence-electron chi connectivity index (χ2n) is 5.72. The van der Waals surface area contributed by atoms with Crippen LogP contribution in [0.3, 0.4) is 0 Å². The zero-order valence-electron chi connectivity index (χ0n) is 13.7. The number of hydrogen-bond acceptors (Lipinski definition) is 5. The van der Waals surface area contributed by atoms with E-state index in [9.17, 15) is 4.79 Å². The molecule has 0 saturated heterocycles. The fourth-order valence-electron chi connectivity index (χ4n) is 2.85. The summed E-state index contributed by atoms with van der Waals surface area (Å²) in [5.41, 5.74) is 3.97. The fourth-order valence-corrected chi connectivity index (χ4v) is 2.85. The highest BCUT2D eigenvalue weighted by atomic mass is 16.5. The lowest BCUT2D eigenvalue weighted by atomic mass is 10.1. The molecule has 1 amide bonds. The molecule has 1 aliphatic heterocycles. The molecule has 0 unspecified atom stereocenters. The molecular weight excluding hydrogens is 308 g/mol. The third-order valence-corrected chi connectivity index (χ3v) is 4.18. The van der Waals surface area contributed by atoms with Gasteiger partial charge in [0.25, 0.3) is 5.91 Å². The van der Waals surface area contributed by atoms with Crippen LogP contribution < -0.4 is 19.9 Å². The Balaban J connectivity index is 1.96. The number of carbonyl (C=O) groups excluding carboxylic acids is 1. The standard InChI is InChI=1S/C18H20N2O4/c1-12-11-24-17-9-13(18(21)19-22)7-8-14(17)10-20(12)15-5-3-4-6-16(15)23-2/h3-9,12,22H,10-11H2,1-2H3,(H,19,21)/t12-/m0/s1. The molecule has 0 spiro atoms. The average Bonchev–Trinajstić information content (AvgIpc) is 2.79. The first-order chi connectivity index (χ1) is 11.6. The summed E-state index contributed by atoms with van der Waals surface area (Å²) < 4.78 is 11.4. The molecule has 1 atom stereocenters. The summed E-state index contributed by atoms with van der Waals surface area (Å²) in [4.78, 5) is 13.8. The summed E-state index contributed by atoms with van der Waals surface area (Å²) >= 11 is 0. The van der Waals surface area contributed by atoms with Crippen LogP contribution in [0.25, 0.3) is 0 Å². The largest absolute Gasteiger partial charge is 0.495 e. The van der Waals surface area contributed by atoms with Crippen LogP contribution >= 0.6 is 0 Å².